The van der Waals surface area contributed by atoms with Gasteiger partial charge < -0.3 is 15.8 Å². The summed E-state index contributed by atoms with van der Waals surface area (Å²) in [4.78, 5) is 12.2. The van der Waals surface area contributed by atoms with Crippen LogP contribution in [0.15, 0.2) is 18.2 Å². The first-order valence-electron chi connectivity index (χ1n) is 6.52. The molecule has 0 saturated heterocycles. The number of ether oxygens (including phenoxy) is 1. The quantitative estimate of drug-likeness (QED) is 0.882. The molecule has 1 saturated carbocycles. The smallest absolute Gasteiger partial charge is 0.229 e. The lowest BCUT2D eigenvalue weighted by molar-refractivity contribution is -0.121. The molecule has 0 heterocycles. The summed E-state index contributed by atoms with van der Waals surface area (Å²) in [5, 5.41) is 2.78. The molecule has 1 aromatic carbocycles. The fourth-order valence-electron chi connectivity index (χ4n) is 2.48. The van der Waals surface area contributed by atoms with Crippen molar-refractivity contribution in [1.82, 2.24) is 0 Å². The molecule has 5 heteroatoms. The van der Waals surface area contributed by atoms with Gasteiger partial charge >= 0.3 is 0 Å². The van der Waals surface area contributed by atoms with Gasteiger partial charge in [-0.2, -0.15) is 0 Å². The maximum atomic E-state index is 13.1. The third-order valence-electron chi connectivity index (χ3n) is 3.58. The van der Waals surface area contributed by atoms with Crippen molar-refractivity contribution in [1.29, 1.82) is 0 Å². The molecule has 4 nitrogen and oxygen atoms in total. The molecule has 19 heavy (non-hydrogen) atoms. The predicted octanol–water partition coefficient (Wildman–Crippen LogP) is 2.29. The summed E-state index contributed by atoms with van der Waals surface area (Å²) in [6, 6.07) is 3.94. The number of nitrogens with two attached hydrogens (primary N) is 1. The van der Waals surface area contributed by atoms with Crippen LogP contribution in [0.1, 0.15) is 25.7 Å². The summed E-state index contributed by atoms with van der Waals surface area (Å²) in [6.07, 6.45) is 3.77. The molecule has 2 atom stereocenters. The number of carbonyl (C=O) groups excluding carboxylic acids is 1. The number of benzene rings is 1. The molecule has 0 aromatic heterocycles. The SMILES string of the molecule is COc1cc(F)ccc1NC(=O)C1CCCCC1N. The second kappa shape index (κ2) is 6.02. The van der Waals surface area contributed by atoms with Gasteiger partial charge in [-0.1, -0.05) is 12.8 Å². The van der Waals surface area contributed by atoms with Crippen LogP contribution in [0.2, 0.25) is 0 Å². The highest BCUT2D eigenvalue weighted by atomic mass is 19.1. The van der Waals surface area contributed by atoms with Gasteiger partial charge in [-0.05, 0) is 25.0 Å². The summed E-state index contributed by atoms with van der Waals surface area (Å²) in [5.41, 5.74) is 6.45. The number of carbonyl (C=O) groups is 1. The fourth-order valence-corrected chi connectivity index (χ4v) is 2.48. The maximum Gasteiger partial charge on any atom is 0.229 e. The van der Waals surface area contributed by atoms with Gasteiger partial charge in [-0.3, -0.25) is 4.79 Å². The molecule has 1 fully saturated rings. The lowest BCUT2D eigenvalue weighted by Gasteiger charge is -2.27. The number of nitrogens with one attached hydrogen (secondary N) is 1. The van der Waals surface area contributed by atoms with E-state index >= 15 is 0 Å². The van der Waals surface area contributed by atoms with E-state index < -0.39 is 5.82 Å². The maximum absolute atomic E-state index is 13.1. The zero-order valence-electron chi connectivity index (χ0n) is 11.0. The molecule has 0 spiro atoms. The van der Waals surface area contributed by atoms with E-state index in [1.54, 1.807) is 0 Å². The third-order valence-corrected chi connectivity index (χ3v) is 3.58. The Labute approximate surface area is 112 Å². The topological polar surface area (TPSA) is 64.3 Å². The largest absolute Gasteiger partial charge is 0.494 e. The van der Waals surface area contributed by atoms with Gasteiger partial charge in [0, 0.05) is 12.1 Å². The zero-order chi connectivity index (χ0) is 13.8. The van der Waals surface area contributed by atoms with Crippen molar-refractivity contribution in [3.8, 4) is 5.75 Å². The van der Waals surface area contributed by atoms with Crippen LogP contribution in [0.4, 0.5) is 10.1 Å². The van der Waals surface area contributed by atoms with E-state index in [1.165, 1.54) is 25.3 Å². The van der Waals surface area contributed by atoms with E-state index in [0.717, 1.165) is 25.7 Å². The van der Waals surface area contributed by atoms with Crippen molar-refractivity contribution in [2.45, 2.75) is 31.7 Å². The lowest BCUT2D eigenvalue weighted by Crippen LogP contribution is -2.40. The Morgan fingerprint density at radius 1 is 1.42 bits per heavy atom. The third kappa shape index (κ3) is 3.23. The average Bonchev–Trinajstić information content (AvgIpc) is 2.41. The molecule has 0 aliphatic heterocycles. The summed E-state index contributed by atoms with van der Waals surface area (Å²) in [7, 11) is 1.44. The highest BCUT2D eigenvalue weighted by molar-refractivity contribution is 5.94. The number of halogens is 1. The Kier molecular flexibility index (Phi) is 4.37. The van der Waals surface area contributed by atoms with Crippen LogP contribution < -0.4 is 15.8 Å². The fraction of sp³-hybridized carbons (Fsp3) is 0.500. The Hall–Kier alpha value is -1.62. The first-order chi connectivity index (χ1) is 9.11. The van der Waals surface area contributed by atoms with Crippen molar-refractivity contribution in [3.05, 3.63) is 24.0 Å². The van der Waals surface area contributed by atoms with Gasteiger partial charge in [0.2, 0.25) is 5.91 Å². The van der Waals surface area contributed by atoms with Gasteiger partial charge in [-0.15, -0.1) is 0 Å². The monoisotopic (exact) mass is 266 g/mol. The summed E-state index contributed by atoms with van der Waals surface area (Å²) >= 11 is 0. The van der Waals surface area contributed by atoms with Crippen LogP contribution in [0, 0.1) is 11.7 Å². The first kappa shape index (κ1) is 13.8. The number of hydrogen-bond acceptors (Lipinski definition) is 3. The standard InChI is InChI=1S/C14H19FN2O2/c1-19-13-8-9(15)6-7-12(13)17-14(18)10-4-2-3-5-11(10)16/h6-8,10-11H,2-5,16H2,1H3,(H,17,18). The minimum Gasteiger partial charge on any atom is -0.494 e. The lowest BCUT2D eigenvalue weighted by atomic mass is 9.84. The molecule has 0 bridgehead atoms. The van der Waals surface area contributed by atoms with Crippen LogP contribution in [0.25, 0.3) is 0 Å². The van der Waals surface area contributed by atoms with Gasteiger partial charge in [0.05, 0.1) is 18.7 Å². The molecular formula is C14H19FN2O2. The van der Waals surface area contributed by atoms with E-state index in [1.807, 2.05) is 0 Å². The average molecular weight is 266 g/mol. The van der Waals surface area contributed by atoms with Crippen molar-refractivity contribution in [3.63, 3.8) is 0 Å². The van der Waals surface area contributed by atoms with Crippen molar-refractivity contribution in [2.24, 2.45) is 11.7 Å². The van der Waals surface area contributed by atoms with Crippen molar-refractivity contribution in [2.75, 3.05) is 12.4 Å². The number of hydrogen-bond donors (Lipinski definition) is 2. The van der Waals surface area contributed by atoms with Crippen molar-refractivity contribution < 1.29 is 13.9 Å². The molecular weight excluding hydrogens is 247 g/mol. The first-order valence-corrected chi connectivity index (χ1v) is 6.52. The molecule has 104 valence electrons. The van der Waals surface area contributed by atoms with E-state index in [-0.39, 0.29) is 17.9 Å². The molecule has 2 rings (SSSR count). The molecule has 1 aliphatic carbocycles. The second-order valence-electron chi connectivity index (χ2n) is 4.89. The Balaban J connectivity index is 2.10. The molecule has 1 aliphatic rings. The van der Waals surface area contributed by atoms with E-state index in [4.69, 9.17) is 10.5 Å². The van der Waals surface area contributed by atoms with Gasteiger partial charge in [0.15, 0.2) is 0 Å². The van der Waals surface area contributed by atoms with Gasteiger partial charge in [-0.25, -0.2) is 4.39 Å². The molecule has 3 N–H and O–H groups in total. The van der Waals surface area contributed by atoms with Crippen molar-refractivity contribution >= 4 is 11.6 Å². The number of anilines is 1. The van der Waals surface area contributed by atoms with Crippen LogP contribution >= 0.6 is 0 Å². The number of rotatable bonds is 3. The predicted molar refractivity (Wildman–Crippen MR) is 71.5 cm³/mol. The summed E-state index contributed by atoms with van der Waals surface area (Å²) in [5.74, 6) is -0.373. The van der Waals surface area contributed by atoms with E-state index in [0.29, 0.717) is 11.4 Å². The molecule has 0 radical (unpaired) electrons. The minimum atomic E-state index is -0.399. The highest BCUT2D eigenvalue weighted by Crippen LogP contribution is 2.28. The van der Waals surface area contributed by atoms with Gasteiger partial charge in [0.1, 0.15) is 11.6 Å². The summed E-state index contributed by atoms with van der Waals surface area (Å²) < 4.78 is 18.1. The molecule has 1 aromatic rings. The van der Waals surface area contributed by atoms with E-state index in [2.05, 4.69) is 5.32 Å². The Morgan fingerprint density at radius 3 is 2.84 bits per heavy atom. The minimum absolute atomic E-state index is 0.0970. The van der Waals surface area contributed by atoms with Crippen LogP contribution in [-0.4, -0.2) is 19.1 Å². The van der Waals surface area contributed by atoms with E-state index in [9.17, 15) is 9.18 Å². The van der Waals surface area contributed by atoms with Crippen LogP contribution in [0.5, 0.6) is 5.75 Å². The number of amides is 1. The second-order valence-corrected chi connectivity index (χ2v) is 4.89. The summed E-state index contributed by atoms with van der Waals surface area (Å²) in [6.45, 7) is 0. The molecule has 2 unspecified atom stereocenters. The normalized spacial score (nSPS) is 22.9. The van der Waals surface area contributed by atoms with Gasteiger partial charge in [0.25, 0.3) is 0 Å². The Bertz CT molecular complexity index is 465. The Morgan fingerprint density at radius 2 is 2.16 bits per heavy atom. The number of methoxy groups -OCH3 is 1. The van der Waals surface area contributed by atoms with Crippen LogP contribution in [-0.2, 0) is 4.79 Å². The zero-order valence-corrected chi connectivity index (χ0v) is 11.0. The highest BCUT2D eigenvalue weighted by Gasteiger charge is 2.28. The van der Waals surface area contributed by atoms with Crippen LogP contribution in [0.3, 0.4) is 0 Å². The molecule has 1 amide bonds.